The van der Waals surface area contributed by atoms with E-state index in [1.807, 2.05) is 50.2 Å². The Balaban J connectivity index is 1.63. The lowest BCUT2D eigenvalue weighted by atomic mass is 10.1. The summed E-state index contributed by atoms with van der Waals surface area (Å²) >= 11 is 1.62. The van der Waals surface area contributed by atoms with Crippen molar-refractivity contribution >= 4 is 37.3 Å². The summed E-state index contributed by atoms with van der Waals surface area (Å²) in [6.07, 6.45) is 2.88. The van der Waals surface area contributed by atoms with E-state index < -0.39 is 10.0 Å². The number of aromatic nitrogens is 3. The van der Waals surface area contributed by atoms with Gasteiger partial charge in [0.1, 0.15) is 9.90 Å². The minimum atomic E-state index is -3.67. The molecule has 0 aliphatic carbocycles. The molecule has 0 atom stereocenters. The molecular weight excluding hydrogens is 380 g/mol. The number of aryl methyl sites for hydroxylation is 2. The van der Waals surface area contributed by atoms with Crippen molar-refractivity contribution in [3.05, 3.63) is 60.4 Å². The summed E-state index contributed by atoms with van der Waals surface area (Å²) in [6, 6.07) is 13.6. The molecule has 0 amide bonds. The molecule has 1 N–H and O–H groups in total. The molecular formula is C19H18N4O2S2. The molecule has 2 aromatic carbocycles. The van der Waals surface area contributed by atoms with Crippen LogP contribution in [0.4, 0.5) is 5.69 Å². The average molecular weight is 399 g/mol. The fourth-order valence-electron chi connectivity index (χ4n) is 2.77. The Kier molecular flexibility index (Phi) is 4.45. The van der Waals surface area contributed by atoms with Gasteiger partial charge in [0.05, 0.1) is 22.1 Å². The number of nitrogens with one attached hydrogen (secondary N) is 1. The maximum Gasteiger partial charge on any atom is 0.265 e. The lowest BCUT2D eigenvalue weighted by Crippen LogP contribution is -2.13. The summed E-state index contributed by atoms with van der Waals surface area (Å²) in [5, 5.41) is 4.94. The van der Waals surface area contributed by atoms with E-state index in [9.17, 15) is 8.42 Å². The van der Waals surface area contributed by atoms with E-state index in [0.717, 1.165) is 26.4 Å². The zero-order valence-electron chi connectivity index (χ0n) is 14.9. The zero-order chi connectivity index (χ0) is 19.0. The smallest absolute Gasteiger partial charge is 0.265 e. The normalized spacial score (nSPS) is 11.8. The van der Waals surface area contributed by atoms with Crippen LogP contribution in [0.2, 0.25) is 0 Å². The van der Waals surface area contributed by atoms with Crippen molar-refractivity contribution in [2.24, 2.45) is 0 Å². The van der Waals surface area contributed by atoms with Gasteiger partial charge in [-0.2, -0.15) is 5.10 Å². The van der Waals surface area contributed by atoms with Crippen LogP contribution in [0.1, 0.15) is 12.5 Å². The van der Waals surface area contributed by atoms with Crippen molar-refractivity contribution < 1.29 is 8.42 Å². The zero-order valence-corrected chi connectivity index (χ0v) is 16.5. The van der Waals surface area contributed by atoms with Crippen molar-refractivity contribution in [2.45, 2.75) is 25.3 Å². The van der Waals surface area contributed by atoms with Gasteiger partial charge in [0.25, 0.3) is 10.0 Å². The fourth-order valence-corrected chi connectivity index (χ4v) is 4.81. The van der Waals surface area contributed by atoms with E-state index in [2.05, 4.69) is 14.8 Å². The third kappa shape index (κ3) is 3.45. The Hall–Kier alpha value is -2.71. The number of fused-ring (bicyclic) bond motifs is 1. The van der Waals surface area contributed by atoms with Crippen LogP contribution in [0.3, 0.4) is 0 Å². The van der Waals surface area contributed by atoms with Gasteiger partial charge in [-0.05, 0) is 49.7 Å². The molecule has 27 heavy (non-hydrogen) atoms. The number of benzene rings is 2. The predicted octanol–water partition coefficient (Wildman–Crippen LogP) is 4.29. The van der Waals surface area contributed by atoms with Crippen LogP contribution in [0.15, 0.2) is 59.8 Å². The molecule has 4 aromatic rings. The molecule has 0 fully saturated rings. The molecule has 0 radical (unpaired) electrons. The fraction of sp³-hybridized carbons (Fsp3) is 0.158. The molecule has 0 aliphatic heterocycles. The molecule has 2 heterocycles. The van der Waals surface area contributed by atoms with E-state index in [1.54, 1.807) is 22.1 Å². The third-order valence-corrected chi connectivity index (χ3v) is 6.66. The Bertz CT molecular complexity index is 1190. The molecule has 6 nitrogen and oxygen atoms in total. The SMILES string of the molecule is CCn1cc(S(=O)(=O)Nc2ccc(-c3nc4ccccc4s3)cc2C)cn1. The van der Waals surface area contributed by atoms with Crippen LogP contribution in [0.5, 0.6) is 0 Å². The van der Waals surface area contributed by atoms with Crippen molar-refractivity contribution in [1.82, 2.24) is 14.8 Å². The van der Waals surface area contributed by atoms with E-state index in [-0.39, 0.29) is 4.90 Å². The van der Waals surface area contributed by atoms with Gasteiger partial charge in [0, 0.05) is 18.3 Å². The summed E-state index contributed by atoms with van der Waals surface area (Å²) in [5.74, 6) is 0. The molecule has 0 saturated heterocycles. The van der Waals surface area contributed by atoms with Gasteiger partial charge in [-0.15, -0.1) is 11.3 Å². The average Bonchev–Trinajstić information content (AvgIpc) is 3.30. The van der Waals surface area contributed by atoms with Gasteiger partial charge >= 0.3 is 0 Å². The topological polar surface area (TPSA) is 76.9 Å². The molecule has 0 spiro atoms. The number of hydrogen-bond donors (Lipinski definition) is 1. The lowest BCUT2D eigenvalue weighted by molar-refractivity contribution is 0.600. The van der Waals surface area contributed by atoms with E-state index in [1.165, 1.54) is 12.4 Å². The number of thiazole rings is 1. The second-order valence-corrected chi connectivity index (χ2v) is 8.87. The first kappa shape index (κ1) is 17.7. The number of anilines is 1. The first-order valence-corrected chi connectivity index (χ1v) is 10.8. The van der Waals surface area contributed by atoms with Crippen LogP contribution in [-0.2, 0) is 16.6 Å². The van der Waals surface area contributed by atoms with Gasteiger partial charge in [0.2, 0.25) is 0 Å². The van der Waals surface area contributed by atoms with Gasteiger partial charge in [-0.1, -0.05) is 12.1 Å². The minimum Gasteiger partial charge on any atom is -0.279 e. The summed E-state index contributed by atoms with van der Waals surface area (Å²) in [4.78, 5) is 4.81. The summed E-state index contributed by atoms with van der Waals surface area (Å²) in [6.45, 7) is 4.40. The van der Waals surface area contributed by atoms with Crippen molar-refractivity contribution in [3.63, 3.8) is 0 Å². The Labute approximate surface area is 161 Å². The first-order chi connectivity index (χ1) is 13.0. The molecule has 0 saturated carbocycles. The molecule has 0 aliphatic rings. The highest BCUT2D eigenvalue weighted by molar-refractivity contribution is 7.92. The van der Waals surface area contributed by atoms with Crippen LogP contribution in [0.25, 0.3) is 20.8 Å². The second kappa shape index (κ2) is 6.79. The maximum absolute atomic E-state index is 12.6. The highest BCUT2D eigenvalue weighted by atomic mass is 32.2. The van der Waals surface area contributed by atoms with Crippen molar-refractivity contribution in [1.29, 1.82) is 0 Å². The number of rotatable bonds is 5. The molecule has 0 unspecified atom stereocenters. The number of para-hydroxylation sites is 1. The Morgan fingerprint density at radius 1 is 1.19 bits per heavy atom. The molecule has 138 valence electrons. The summed E-state index contributed by atoms with van der Waals surface area (Å²) in [7, 11) is -3.67. The van der Waals surface area contributed by atoms with E-state index >= 15 is 0 Å². The monoisotopic (exact) mass is 398 g/mol. The van der Waals surface area contributed by atoms with Gasteiger partial charge in [-0.3, -0.25) is 9.40 Å². The summed E-state index contributed by atoms with van der Waals surface area (Å²) in [5.41, 5.74) is 3.31. The second-order valence-electron chi connectivity index (χ2n) is 6.15. The first-order valence-electron chi connectivity index (χ1n) is 8.48. The quantitative estimate of drug-likeness (QED) is 0.544. The standard InChI is InChI=1S/C19H18N4O2S2/c1-3-23-12-15(11-20-23)27(24,25)22-16-9-8-14(10-13(16)2)19-21-17-6-4-5-7-18(17)26-19/h4-12,22H,3H2,1-2H3. The molecule has 2 aromatic heterocycles. The molecule has 0 bridgehead atoms. The van der Waals surface area contributed by atoms with Crippen LogP contribution in [0, 0.1) is 6.92 Å². The molecule has 4 rings (SSSR count). The lowest BCUT2D eigenvalue weighted by Gasteiger charge is -2.10. The number of nitrogens with zero attached hydrogens (tertiary/aromatic N) is 3. The van der Waals surface area contributed by atoms with Gasteiger partial charge in [0.15, 0.2) is 0 Å². The summed E-state index contributed by atoms with van der Waals surface area (Å²) < 4.78 is 30.5. The maximum atomic E-state index is 12.6. The minimum absolute atomic E-state index is 0.152. The highest BCUT2D eigenvalue weighted by Crippen LogP contribution is 2.32. The highest BCUT2D eigenvalue weighted by Gasteiger charge is 2.18. The molecule has 8 heteroatoms. The third-order valence-electron chi connectivity index (χ3n) is 4.26. The van der Waals surface area contributed by atoms with Crippen LogP contribution >= 0.6 is 11.3 Å². The van der Waals surface area contributed by atoms with Crippen molar-refractivity contribution in [3.8, 4) is 10.6 Å². The van der Waals surface area contributed by atoms with E-state index in [0.29, 0.717) is 12.2 Å². The number of sulfonamides is 1. The number of hydrogen-bond acceptors (Lipinski definition) is 5. The van der Waals surface area contributed by atoms with Crippen LogP contribution in [-0.4, -0.2) is 23.2 Å². The predicted molar refractivity (Wildman–Crippen MR) is 109 cm³/mol. The van der Waals surface area contributed by atoms with Crippen molar-refractivity contribution in [2.75, 3.05) is 4.72 Å². The van der Waals surface area contributed by atoms with Gasteiger partial charge < -0.3 is 0 Å². The van der Waals surface area contributed by atoms with E-state index in [4.69, 9.17) is 0 Å². The van der Waals surface area contributed by atoms with Gasteiger partial charge in [-0.25, -0.2) is 13.4 Å². The largest absolute Gasteiger partial charge is 0.279 e. The van der Waals surface area contributed by atoms with Crippen LogP contribution < -0.4 is 4.72 Å². The Morgan fingerprint density at radius 2 is 2.00 bits per heavy atom. The Morgan fingerprint density at radius 3 is 2.70 bits per heavy atom.